The highest BCUT2D eigenvalue weighted by atomic mass is 19.1. The van der Waals surface area contributed by atoms with Gasteiger partial charge in [0.2, 0.25) is 5.91 Å². The summed E-state index contributed by atoms with van der Waals surface area (Å²) in [5.74, 6) is -0.584. The molecule has 0 N–H and O–H groups in total. The van der Waals surface area contributed by atoms with E-state index in [2.05, 4.69) is 4.98 Å². The maximum atomic E-state index is 14.2. The summed E-state index contributed by atoms with van der Waals surface area (Å²) in [7, 11) is 1.51. The van der Waals surface area contributed by atoms with E-state index >= 15 is 0 Å². The number of carbonyl (C=O) groups is 2. The van der Waals surface area contributed by atoms with Gasteiger partial charge in [-0.3, -0.25) is 19.5 Å². The van der Waals surface area contributed by atoms with E-state index in [0.717, 1.165) is 11.1 Å². The van der Waals surface area contributed by atoms with Crippen molar-refractivity contribution in [3.8, 4) is 11.5 Å². The minimum absolute atomic E-state index is 0.000195. The Morgan fingerprint density at radius 1 is 0.850 bits per heavy atom. The number of nitrogens with zero attached hydrogens (tertiary/aromatic N) is 2. The molecule has 1 aliphatic heterocycles. The van der Waals surface area contributed by atoms with Crippen LogP contribution in [0.4, 0.5) is 4.39 Å². The predicted octanol–water partition coefficient (Wildman–Crippen LogP) is 6.28. The molecule has 0 saturated carbocycles. The summed E-state index contributed by atoms with van der Waals surface area (Å²) in [5.41, 5.74) is 3.57. The summed E-state index contributed by atoms with van der Waals surface area (Å²) in [6.45, 7) is 0.000195. The molecule has 6 rings (SSSR count). The van der Waals surface area contributed by atoms with Gasteiger partial charge < -0.3 is 9.47 Å². The van der Waals surface area contributed by atoms with Crippen LogP contribution >= 0.6 is 0 Å². The van der Waals surface area contributed by atoms with Gasteiger partial charge in [0.25, 0.3) is 5.91 Å². The first-order valence-corrected chi connectivity index (χ1v) is 12.9. The largest absolute Gasteiger partial charge is 0.496 e. The fourth-order valence-electron chi connectivity index (χ4n) is 5.17. The highest BCUT2D eigenvalue weighted by Crippen LogP contribution is 2.45. The van der Waals surface area contributed by atoms with Crippen molar-refractivity contribution in [2.75, 3.05) is 7.11 Å². The highest BCUT2D eigenvalue weighted by molar-refractivity contribution is 6.15. The number of aromatic nitrogens is 1. The van der Waals surface area contributed by atoms with Crippen molar-refractivity contribution in [1.29, 1.82) is 0 Å². The smallest absolute Gasteiger partial charge is 0.265 e. The molecule has 6 nitrogen and oxygen atoms in total. The summed E-state index contributed by atoms with van der Waals surface area (Å²) < 4.78 is 26.1. The van der Waals surface area contributed by atoms with Gasteiger partial charge in [0.15, 0.2) is 5.75 Å². The fraction of sp³-hybridized carbons (Fsp3) is 0.121. The Kier molecular flexibility index (Phi) is 6.70. The second kappa shape index (κ2) is 10.6. The number of imide groups is 1. The number of amides is 2. The molecule has 0 aliphatic carbocycles. The lowest BCUT2D eigenvalue weighted by molar-refractivity contribution is -0.128. The molecule has 0 fully saturated rings. The standard InChI is InChI=1S/C33H25FN2O4/c1-39-31-25-13-8-18-35-29(25)32(40-30(22-9-4-2-5-10-22)23-11-6-3-7-12-23)28-26(31)19-27(37)36(33(28)38)20-21-14-16-24(34)17-15-21/h2-18,30H,19-20H2,1H3. The van der Waals surface area contributed by atoms with Gasteiger partial charge in [-0.15, -0.1) is 0 Å². The highest BCUT2D eigenvalue weighted by Gasteiger charge is 2.38. The average Bonchev–Trinajstić information content (AvgIpc) is 2.99. The number of carbonyl (C=O) groups excluding carboxylic acids is 2. The van der Waals surface area contributed by atoms with Crippen molar-refractivity contribution in [1.82, 2.24) is 9.88 Å². The molecule has 7 heteroatoms. The van der Waals surface area contributed by atoms with Crippen molar-refractivity contribution in [2.45, 2.75) is 19.1 Å². The van der Waals surface area contributed by atoms with E-state index in [1.807, 2.05) is 66.7 Å². The minimum atomic E-state index is -0.555. The van der Waals surface area contributed by atoms with Crippen molar-refractivity contribution in [2.24, 2.45) is 0 Å². The lowest BCUT2D eigenvalue weighted by Gasteiger charge is -2.31. The monoisotopic (exact) mass is 532 g/mol. The Bertz CT molecular complexity index is 1670. The first-order chi connectivity index (χ1) is 19.5. The van der Waals surface area contributed by atoms with Gasteiger partial charge in [0.05, 0.1) is 25.6 Å². The molecule has 2 heterocycles. The van der Waals surface area contributed by atoms with Gasteiger partial charge in [0, 0.05) is 17.1 Å². The van der Waals surface area contributed by atoms with E-state index in [0.29, 0.717) is 27.8 Å². The summed E-state index contributed by atoms with van der Waals surface area (Å²) in [4.78, 5) is 33.3. The Morgan fingerprint density at radius 2 is 1.50 bits per heavy atom. The molecule has 0 spiro atoms. The molecule has 5 aromatic rings. The van der Waals surface area contributed by atoms with E-state index in [9.17, 15) is 14.0 Å². The molecule has 0 radical (unpaired) electrons. The van der Waals surface area contributed by atoms with Crippen molar-refractivity contribution >= 4 is 22.7 Å². The van der Waals surface area contributed by atoms with Crippen LogP contribution in [0.3, 0.4) is 0 Å². The van der Waals surface area contributed by atoms with Crippen LogP contribution in [0.5, 0.6) is 11.5 Å². The minimum Gasteiger partial charge on any atom is -0.496 e. The molecule has 0 saturated heterocycles. The lowest BCUT2D eigenvalue weighted by Crippen LogP contribution is -2.42. The zero-order chi connectivity index (χ0) is 27.6. The Morgan fingerprint density at radius 3 is 2.12 bits per heavy atom. The number of pyridine rings is 1. The van der Waals surface area contributed by atoms with Gasteiger partial charge in [0.1, 0.15) is 23.2 Å². The maximum Gasteiger partial charge on any atom is 0.265 e. The Labute approximate surface area is 230 Å². The molecular formula is C33H25FN2O4. The number of halogens is 1. The number of methoxy groups -OCH3 is 1. The zero-order valence-electron chi connectivity index (χ0n) is 21.7. The van der Waals surface area contributed by atoms with Crippen LogP contribution in [0.2, 0.25) is 0 Å². The summed E-state index contributed by atoms with van der Waals surface area (Å²) >= 11 is 0. The van der Waals surface area contributed by atoms with E-state index in [1.165, 1.54) is 24.1 Å². The molecular weight excluding hydrogens is 507 g/mol. The number of benzene rings is 4. The van der Waals surface area contributed by atoms with Crippen LogP contribution < -0.4 is 9.47 Å². The third-order valence-electron chi connectivity index (χ3n) is 7.06. The number of hydrogen-bond donors (Lipinski definition) is 0. The third-order valence-corrected chi connectivity index (χ3v) is 7.06. The topological polar surface area (TPSA) is 68.7 Å². The number of hydrogen-bond acceptors (Lipinski definition) is 5. The zero-order valence-corrected chi connectivity index (χ0v) is 21.7. The molecule has 1 aliphatic rings. The Balaban J connectivity index is 1.54. The molecule has 1 aromatic heterocycles. The van der Waals surface area contributed by atoms with Gasteiger partial charge in [-0.05, 0) is 41.0 Å². The normalized spacial score (nSPS) is 13.0. The first-order valence-electron chi connectivity index (χ1n) is 12.9. The van der Waals surface area contributed by atoms with E-state index in [4.69, 9.17) is 9.47 Å². The van der Waals surface area contributed by atoms with E-state index < -0.39 is 17.8 Å². The molecule has 0 bridgehead atoms. The number of fused-ring (bicyclic) bond motifs is 2. The SMILES string of the molecule is COc1c2c(c(OC(c3ccccc3)c3ccccc3)c3ncccc13)C(=O)N(Cc1ccc(F)cc1)C(=O)C2. The summed E-state index contributed by atoms with van der Waals surface area (Å²) in [6, 6.07) is 28.8. The van der Waals surface area contributed by atoms with Gasteiger partial charge in [-0.25, -0.2) is 4.39 Å². The molecule has 0 unspecified atom stereocenters. The van der Waals surface area contributed by atoms with Crippen LogP contribution in [0.1, 0.15) is 38.7 Å². The predicted molar refractivity (Wildman–Crippen MR) is 149 cm³/mol. The fourth-order valence-corrected chi connectivity index (χ4v) is 5.17. The molecule has 2 amide bonds. The summed E-state index contributed by atoms with van der Waals surface area (Å²) in [5, 5.41) is 0.645. The van der Waals surface area contributed by atoms with Gasteiger partial charge >= 0.3 is 0 Å². The molecule has 198 valence electrons. The molecule has 40 heavy (non-hydrogen) atoms. The second-order valence-electron chi connectivity index (χ2n) is 9.52. The lowest BCUT2D eigenvalue weighted by atomic mass is 9.92. The summed E-state index contributed by atoms with van der Waals surface area (Å²) in [6.07, 6.45) is 1.02. The van der Waals surface area contributed by atoms with Gasteiger partial charge in [-0.2, -0.15) is 0 Å². The van der Waals surface area contributed by atoms with Crippen molar-refractivity contribution < 1.29 is 23.5 Å². The maximum absolute atomic E-state index is 14.2. The second-order valence-corrected chi connectivity index (χ2v) is 9.52. The van der Waals surface area contributed by atoms with Crippen LogP contribution in [-0.4, -0.2) is 28.8 Å². The van der Waals surface area contributed by atoms with Gasteiger partial charge in [-0.1, -0.05) is 72.8 Å². The van der Waals surface area contributed by atoms with Crippen LogP contribution in [0.15, 0.2) is 103 Å². The van der Waals surface area contributed by atoms with Crippen LogP contribution in [-0.2, 0) is 17.8 Å². The average molecular weight is 533 g/mol. The van der Waals surface area contributed by atoms with E-state index in [-0.39, 0.29) is 30.2 Å². The molecule has 4 aromatic carbocycles. The van der Waals surface area contributed by atoms with Crippen LogP contribution in [0, 0.1) is 5.82 Å². The quantitative estimate of drug-likeness (QED) is 0.231. The van der Waals surface area contributed by atoms with Crippen molar-refractivity contribution in [3.05, 3.63) is 137 Å². The van der Waals surface area contributed by atoms with E-state index in [1.54, 1.807) is 24.4 Å². The van der Waals surface area contributed by atoms with Crippen molar-refractivity contribution in [3.63, 3.8) is 0 Å². The van der Waals surface area contributed by atoms with Crippen LogP contribution in [0.25, 0.3) is 10.9 Å². The third kappa shape index (κ3) is 4.56. The number of rotatable bonds is 7. The number of ether oxygens (including phenoxy) is 2. The first kappa shape index (κ1) is 25.2. The Hall–Kier alpha value is -5.04. The molecule has 0 atom stereocenters.